The lowest BCUT2D eigenvalue weighted by atomic mass is 10.00. The summed E-state index contributed by atoms with van der Waals surface area (Å²) in [5.41, 5.74) is 10.2. The minimum absolute atomic E-state index is 0.108. The Balaban J connectivity index is 0.000000165. The van der Waals surface area contributed by atoms with Gasteiger partial charge in [0, 0.05) is 60.0 Å². The van der Waals surface area contributed by atoms with Crippen molar-refractivity contribution in [1.29, 1.82) is 0 Å². The van der Waals surface area contributed by atoms with E-state index in [-0.39, 0.29) is 4.90 Å². The number of halogens is 1. The van der Waals surface area contributed by atoms with E-state index in [1.54, 1.807) is 45.7 Å². The molecule has 2 fully saturated rings. The number of sulfonamides is 1. The molecule has 0 spiro atoms. The molecule has 0 amide bonds. The monoisotopic (exact) mass is 839 g/mol. The number of benzene rings is 4. The van der Waals surface area contributed by atoms with Gasteiger partial charge in [-0.2, -0.15) is 10.2 Å². The van der Waals surface area contributed by atoms with Gasteiger partial charge in [-0.1, -0.05) is 78.9 Å². The van der Waals surface area contributed by atoms with Crippen LogP contribution >= 0.6 is 15.9 Å². The second-order valence-electron chi connectivity index (χ2n) is 14.8. The highest BCUT2D eigenvalue weighted by Gasteiger charge is 2.18. The summed E-state index contributed by atoms with van der Waals surface area (Å²) in [6.45, 7) is 6.89. The fourth-order valence-electron chi connectivity index (χ4n) is 7.97. The lowest BCUT2D eigenvalue weighted by Gasteiger charge is -2.14. The van der Waals surface area contributed by atoms with Crippen molar-refractivity contribution in [3.63, 3.8) is 0 Å². The molecule has 0 atom stereocenters. The van der Waals surface area contributed by atoms with Gasteiger partial charge in [-0.05, 0) is 107 Å². The molecule has 0 radical (unpaired) electrons. The number of rotatable bonds is 8. The quantitative estimate of drug-likeness (QED) is 0.162. The maximum absolute atomic E-state index is 12.1. The van der Waals surface area contributed by atoms with E-state index in [4.69, 9.17) is 10.1 Å². The van der Waals surface area contributed by atoms with E-state index >= 15 is 0 Å². The molecule has 0 aliphatic carbocycles. The van der Waals surface area contributed by atoms with Crippen LogP contribution in [0.2, 0.25) is 0 Å². The van der Waals surface area contributed by atoms with Gasteiger partial charge < -0.3 is 0 Å². The smallest absolute Gasteiger partial charge is 0.238 e. The van der Waals surface area contributed by atoms with E-state index in [0.29, 0.717) is 11.0 Å². The number of primary sulfonamides is 1. The first kappa shape index (κ1) is 37.3. The molecular weight excluding hydrogens is 799 g/mol. The largest absolute Gasteiger partial charge is 0.299 e. The van der Waals surface area contributed by atoms with E-state index in [9.17, 15) is 8.42 Å². The van der Waals surface area contributed by atoms with E-state index in [0.717, 1.165) is 56.4 Å². The maximum Gasteiger partial charge on any atom is 0.238 e. The summed E-state index contributed by atoms with van der Waals surface area (Å²) < 4.78 is 28.7. The van der Waals surface area contributed by atoms with Crippen LogP contribution in [0.25, 0.3) is 55.4 Å². The Labute approximate surface area is 340 Å². The molecule has 0 unspecified atom stereocenters. The number of hydrogen-bond donors (Lipinski definition) is 1. The molecule has 57 heavy (non-hydrogen) atoms. The number of fused-ring (bicyclic) bond motifs is 3. The number of aromatic nitrogens is 6. The standard InChI is InChI=1S/C27H25N5O2S.C17H17BrN4/c28-35(33,34)26-12-11-23(22-5-1-2-6-24(22)26)25-16-30-32-18-21(15-29-27(25)32)20-9-7-19(8-10-20)17-31-13-3-4-14-31;18-16-10-20-22-12-15(9-19-17(16)22)14-5-3-13(4-6-14)11-21-7-1-2-8-21/h1-2,5-12,15-16,18H,3-4,13-14,17H2,(H2,28,33,34);3-6,9-10,12H,1-2,7-8,11H2. The van der Waals surface area contributed by atoms with Crippen LogP contribution in [0.15, 0.2) is 131 Å². The Kier molecular flexibility index (Phi) is 10.4. The highest BCUT2D eigenvalue weighted by atomic mass is 79.9. The lowest BCUT2D eigenvalue weighted by Crippen LogP contribution is -2.18. The van der Waals surface area contributed by atoms with Gasteiger partial charge in [0.15, 0.2) is 11.3 Å². The number of likely N-dealkylation sites (tertiary alicyclic amines) is 2. The first-order valence-electron chi connectivity index (χ1n) is 19.3. The summed E-state index contributed by atoms with van der Waals surface area (Å²) in [6, 6.07) is 28.1. The summed E-state index contributed by atoms with van der Waals surface area (Å²) in [5.74, 6) is 0. The van der Waals surface area contributed by atoms with Crippen LogP contribution in [-0.4, -0.2) is 73.6 Å². The van der Waals surface area contributed by atoms with E-state index in [2.05, 4.69) is 89.4 Å². The average molecular weight is 841 g/mol. The van der Waals surface area contributed by atoms with Crippen molar-refractivity contribution in [2.45, 2.75) is 43.7 Å². The van der Waals surface area contributed by atoms with Crippen molar-refractivity contribution >= 4 is 48.0 Å². The van der Waals surface area contributed by atoms with Crippen molar-refractivity contribution in [3.8, 4) is 33.4 Å². The predicted octanol–water partition coefficient (Wildman–Crippen LogP) is 8.21. The van der Waals surface area contributed by atoms with Gasteiger partial charge in [0.1, 0.15) is 0 Å². The van der Waals surface area contributed by atoms with Crippen LogP contribution in [0.3, 0.4) is 0 Å². The summed E-state index contributed by atoms with van der Waals surface area (Å²) in [5, 5.41) is 15.7. The van der Waals surface area contributed by atoms with E-state index < -0.39 is 10.0 Å². The molecule has 6 heterocycles. The summed E-state index contributed by atoms with van der Waals surface area (Å²) in [7, 11) is -3.84. The first-order valence-corrected chi connectivity index (χ1v) is 21.6. The molecular formula is C44H42BrN9O2S. The summed E-state index contributed by atoms with van der Waals surface area (Å²) >= 11 is 3.45. The van der Waals surface area contributed by atoms with Gasteiger partial charge in [0.25, 0.3) is 0 Å². The van der Waals surface area contributed by atoms with Crippen LogP contribution in [-0.2, 0) is 23.1 Å². The fourth-order valence-corrected chi connectivity index (χ4v) is 9.08. The van der Waals surface area contributed by atoms with Crippen molar-refractivity contribution in [1.82, 2.24) is 39.0 Å². The minimum atomic E-state index is -3.84. The van der Waals surface area contributed by atoms with Crippen molar-refractivity contribution in [3.05, 3.63) is 138 Å². The fraction of sp³-hybridized carbons (Fsp3) is 0.227. The van der Waals surface area contributed by atoms with Crippen LogP contribution < -0.4 is 5.14 Å². The number of nitrogens with two attached hydrogens (primary N) is 1. The first-order chi connectivity index (χ1) is 27.8. The highest BCUT2D eigenvalue weighted by Crippen LogP contribution is 2.34. The summed E-state index contributed by atoms with van der Waals surface area (Å²) in [6.07, 6.45) is 16.5. The van der Waals surface area contributed by atoms with Crippen LogP contribution in [0.5, 0.6) is 0 Å². The third-order valence-corrected chi connectivity index (χ3v) is 12.5. The number of nitrogens with zero attached hydrogens (tertiary/aromatic N) is 8. The third-order valence-electron chi connectivity index (χ3n) is 10.9. The molecule has 8 aromatic rings. The zero-order valence-corrected chi connectivity index (χ0v) is 33.8. The molecule has 4 aromatic heterocycles. The van der Waals surface area contributed by atoms with Gasteiger partial charge in [-0.25, -0.2) is 32.6 Å². The van der Waals surface area contributed by atoms with Gasteiger partial charge in [0.05, 0.1) is 21.8 Å². The number of hydrogen-bond acceptors (Lipinski definition) is 8. The molecule has 0 bridgehead atoms. The highest BCUT2D eigenvalue weighted by molar-refractivity contribution is 9.10. The maximum atomic E-state index is 12.1. The van der Waals surface area contributed by atoms with E-state index in [1.165, 1.54) is 68.6 Å². The molecule has 2 N–H and O–H groups in total. The second kappa shape index (κ2) is 15.9. The van der Waals surface area contributed by atoms with Gasteiger partial charge >= 0.3 is 0 Å². The molecule has 2 saturated heterocycles. The van der Waals surface area contributed by atoms with Crippen LogP contribution in [0, 0.1) is 0 Å². The molecule has 0 saturated carbocycles. The lowest BCUT2D eigenvalue weighted by molar-refractivity contribution is 0.331. The van der Waals surface area contributed by atoms with Crippen molar-refractivity contribution < 1.29 is 8.42 Å². The summed E-state index contributed by atoms with van der Waals surface area (Å²) in [4.78, 5) is 14.3. The van der Waals surface area contributed by atoms with Gasteiger partial charge in [0.2, 0.25) is 10.0 Å². The molecule has 13 heteroatoms. The Morgan fingerprint density at radius 1 is 0.561 bits per heavy atom. The Bertz CT molecular complexity index is 2810. The molecule has 288 valence electrons. The SMILES string of the molecule is Brc1cnn2cc(-c3ccc(CN4CCCC4)cc3)cnc12.NS(=O)(=O)c1ccc(-c2cnn3cc(-c4ccc(CN5CCCC5)cc4)cnc23)c2ccccc12. The molecule has 2 aliphatic heterocycles. The van der Waals surface area contributed by atoms with Crippen LogP contribution in [0.4, 0.5) is 0 Å². The molecule has 11 nitrogen and oxygen atoms in total. The molecule has 4 aromatic carbocycles. The second-order valence-corrected chi connectivity index (χ2v) is 17.2. The zero-order valence-electron chi connectivity index (χ0n) is 31.4. The Morgan fingerprint density at radius 3 is 1.63 bits per heavy atom. The predicted molar refractivity (Wildman–Crippen MR) is 228 cm³/mol. The molecule has 10 rings (SSSR count). The topological polar surface area (TPSA) is 127 Å². The van der Waals surface area contributed by atoms with E-state index in [1.807, 2.05) is 36.9 Å². The zero-order chi connectivity index (χ0) is 38.9. The molecule has 2 aliphatic rings. The van der Waals surface area contributed by atoms with Crippen molar-refractivity contribution in [2.24, 2.45) is 5.14 Å². The minimum Gasteiger partial charge on any atom is -0.299 e. The Morgan fingerprint density at radius 2 is 1.07 bits per heavy atom. The Hall–Kier alpha value is -5.31. The normalized spacial score (nSPS) is 15.1. The van der Waals surface area contributed by atoms with Crippen molar-refractivity contribution in [2.75, 3.05) is 26.2 Å². The average Bonchev–Trinajstić information content (AvgIpc) is 4.07. The van der Waals surface area contributed by atoms with Gasteiger partial charge in [-0.15, -0.1) is 0 Å². The third kappa shape index (κ3) is 7.98. The van der Waals surface area contributed by atoms with Crippen LogP contribution in [0.1, 0.15) is 36.8 Å². The van der Waals surface area contributed by atoms with Gasteiger partial charge in [-0.3, -0.25) is 9.80 Å².